The third-order valence-corrected chi connectivity index (χ3v) is 2.52. The molecule has 2 atom stereocenters. The third-order valence-electron chi connectivity index (χ3n) is 2.52. The lowest BCUT2D eigenvalue weighted by Crippen LogP contribution is -2.35. The molecule has 0 aromatic heterocycles. The first kappa shape index (κ1) is 11.9. The summed E-state index contributed by atoms with van der Waals surface area (Å²) >= 11 is 0. The highest BCUT2D eigenvalue weighted by Gasteiger charge is 2.10. The summed E-state index contributed by atoms with van der Waals surface area (Å²) < 4.78 is 0. The summed E-state index contributed by atoms with van der Waals surface area (Å²) in [5, 5.41) is 3.27. The van der Waals surface area contributed by atoms with Gasteiger partial charge in [0.05, 0.1) is 0 Å². The molecule has 0 heterocycles. The summed E-state index contributed by atoms with van der Waals surface area (Å²) in [6, 6.07) is 1.31. The van der Waals surface area contributed by atoms with Crippen molar-refractivity contribution in [1.29, 1.82) is 0 Å². The van der Waals surface area contributed by atoms with Crippen LogP contribution in [-0.2, 0) is 0 Å². The standard InChI is InChI=1S/C10H24N2/c1-6-7-12(5)10(3)8-9(2)11-4/h9-11H,6-8H2,1-5H3. The Bertz CT molecular complexity index is 104. The van der Waals surface area contributed by atoms with E-state index in [0.717, 1.165) is 0 Å². The highest BCUT2D eigenvalue weighted by Crippen LogP contribution is 2.04. The molecule has 2 nitrogen and oxygen atoms in total. The van der Waals surface area contributed by atoms with Crippen molar-refractivity contribution in [3.8, 4) is 0 Å². The molecule has 12 heavy (non-hydrogen) atoms. The molecule has 0 aliphatic rings. The molecule has 0 aliphatic heterocycles. The second-order valence-electron chi connectivity index (χ2n) is 3.76. The Kier molecular flexibility index (Phi) is 6.39. The predicted molar refractivity (Wildman–Crippen MR) is 55.5 cm³/mol. The zero-order valence-electron chi connectivity index (χ0n) is 9.22. The number of nitrogens with one attached hydrogen (secondary N) is 1. The molecule has 0 saturated heterocycles. The Balaban J connectivity index is 3.62. The van der Waals surface area contributed by atoms with Crippen LogP contribution in [0.1, 0.15) is 33.6 Å². The predicted octanol–water partition coefficient (Wildman–Crippen LogP) is 1.71. The van der Waals surface area contributed by atoms with Crippen LogP contribution < -0.4 is 5.32 Å². The minimum absolute atomic E-state index is 0.624. The fraction of sp³-hybridized carbons (Fsp3) is 1.00. The van der Waals surface area contributed by atoms with Crippen LogP contribution in [0.5, 0.6) is 0 Å². The molecule has 0 aliphatic carbocycles. The third kappa shape index (κ3) is 4.73. The molecule has 0 aromatic carbocycles. The maximum atomic E-state index is 3.27. The lowest BCUT2D eigenvalue weighted by Gasteiger charge is -2.26. The normalized spacial score (nSPS) is 16.5. The van der Waals surface area contributed by atoms with Crippen LogP contribution in [0, 0.1) is 0 Å². The molecular formula is C10H24N2. The number of rotatable bonds is 6. The van der Waals surface area contributed by atoms with Crippen LogP contribution in [0.25, 0.3) is 0 Å². The second-order valence-corrected chi connectivity index (χ2v) is 3.76. The van der Waals surface area contributed by atoms with Crippen molar-refractivity contribution >= 4 is 0 Å². The fourth-order valence-corrected chi connectivity index (χ4v) is 1.38. The van der Waals surface area contributed by atoms with Crippen molar-refractivity contribution in [2.45, 2.75) is 45.7 Å². The first-order valence-electron chi connectivity index (χ1n) is 4.99. The number of hydrogen-bond acceptors (Lipinski definition) is 2. The van der Waals surface area contributed by atoms with Gasteiger partial charge in [-0.1, -0.05) is 6.92 Å². The van der Waals surface area contributed by atoms with Gasteiger partial charge < -0.3 is 10.2 Å². The smallest absolute Gasteiger partial charge is 0.00785 e. The topological polar surface area (TPSA) is 15.3 Å². The van der Waals surface area contributed by atoms with Gasteiger partial charge in [-0.3, -0.25) is 0 Å². The zero-order valence-corrected chi connectivity index (χ0v) is 9.22. The molecule has 0 fully saturated rings. The summed E-state index contributed by atoms with van der Waals surface area (Å²) in [4.78, 5) is 2.42. The molecule has 0 saturated carbocycles. The summed E-state index contributed by atoms with van der Waals surface area (Å²) in [5.74, 6) is 0. The lowest BCUT2D eigenvalue weighted by atomic mass is 10.1. The first-order chi connectivity index (χ1) is 5.61. The van der Waals surface area contributed by atoms with Crippen LogP contribution in [0.3, 0.4) is 0 Å². The first-order valence-corrected chi connectivity index (χ1v) is 4.99. The molecule has 0 bridgehead atoms. The van der Waals surface area contributed by atoms with E-state index in [1.54, 1.807) is 0 Å². The maximum absolute atomic E-state index is 3.27. The SMILES string of the molecule is CCCN(C)C(C)CC(C)NC. The highest BCUT2D eigenvalue weighted by atomic mass is 15.1. The van der Waals surface area contributed by atoms with Gasteiger partial charge in [0.1, 0.15) is 0 Å². The molecule has 1 N–H and O–H groups in total. The highest BCUT2D eigenvalue weighted by molar-refractivity contribution is 4.69. The van der Waals surface area contributed by atoms with Crippen molar-refractivity contribution < 1.29 is 0 Å². The average molecular weight is 172 g/mol. The molecule has 2 heteroatoms. The van der Waals surface area contributed by atoms with Gasteiger partial charge in [0.25, 0.3) is 0 Å². The van der Waals surface area contributed by atoms with E-state index in [9.17, 15) is 0 Å². The van der Waals surface area contributed by atoms with Gasteiger partial charge in [-0.05, 0) is 47.3 Å². The molecule has 0 spiro atoms. The Morgan fingerprint density at radius 3 is 2.33 bits per heavy atom. The van der Waals surface area contributed by atoms with Crippen LogP contribution >= 0.6 is 0 Å². The summed E-state index contributed by atoms with van der Waals surface area (Å²) in [7, 11) is 4.23. The zero-order chi connectivity index (χ0) is 9.56. The monoisotopic (exact) mass is 172 g/mol. The molecule has 0 radical (unpaired) electrons. The largest absolute Gasteiger partial charge is 0.317 e. The van der Waals surface area contributed by atoms with Gasteiger partial charge in [0.2, 0.25) is 0 Å². The Morgan fingerprint density at radius 1 is 1.33 bits per heavy atom. The molecule has 2 unspecified atom stereocenters. The molecule has 0 rings (SSSR count). The second kappa shape index (κ2) is 6.44. The van der Waals surface area contributed by atoms with E-state index in [2.05, 4.69) is 38.0 Å². The van der Waals surface area contributed by atoms with E-state index in [0.29, 0.717) is 12.1 Å². The van der Waals surface area contributed by atoms with E-state index in [1.165, 1.54) is 19.4 Å². The van der Waals surface area contributed by atoms with Crippen molar-refractivity contribution in [3.05, 3.63) is 0 Å². The Labute approximate surface area is 77.3 Å². The van der Waals surface area contributed by atoms with E-state index in [1.807, 2.05) is 7.05 Å². The minimum Gasteiger partial charge on any atom is -0.317 e. The van der Waals surface area contributed by atoms with Crippen LogP contribution in [0.2, 0.25) is 0 Å². The summed E-state index contributed by atoms with van der Waals surface area (Å²) in [5.41, 5.74) is 0. The number of nitrogens with zero attached hydrogens (tertiary/aromatic N) is 1. The van der Waals surface area contributed by atoms with Crippen LogP contribution in [0.15, 0.2) is 0 Å². The van der Waals surface area contributed by atoms with Crippen LogP contribution in [-0.4, -0.2) is 37.6 Å². The van der Waals surface area contributed by atoms with Crippen molar-refractivity contribution in [1.82, 2.24) is 10.2 Å². The van der Waals surface area contributed by atoms with Gasteiger partial charge in [0.15, 0.2) is 0 Å². The molecular weight excluding hydrogens is 148 g/mol. The van der Waals surface area contributed by atoms with Gasteiger partial charge in [-0.2, -0.15) is 0 Å². The quantitative estimate of drug-likeness (QED) is 0.656. The van der Waals surface area contributed by atoms with Gasteiger partial charge in [-0.15, -0.1) is 0 Å². The number of hydrogen-bond donors (Lipinski definition) is 1. The Morgan fingerprint density at radius 2 is 1.92 bits per heavy atom. The summed E-state index contributed by atoms with van der Waals surface area (Å²) in [6.07, 6.45) is 2.47. The molecule has 74 valence electrons. The average Bonchev–Trinajstić information content (AvgIpc) is 2.04. The van der Waals surface area contributed by atoms with Crippen molar-refractivity contribution in [2.24, 2.45) is 0 Å². The van der Waals surface area contributed by atoms with E-state index < -0.39 is 0 Å². The summed E-state index contributed by atoms with van der Waals surface area (Å²) in [6.45, 7) is 7.96. The minimum atomic E-state index is 0.624. The van der Waals surface area contributed by atoms with Gasteiger partial charge in [-0.25, -0.2) is 0 Å². The van der Waals surface area contributed by atoms with E-state index in [-0.39, 0.29) is 0 Å². The van der Waals surface area contributed by atoms with Crippen molar-refractivity contribution in [3.63, 3.8) is 0 Å². The van der Waals surface area contributed by atoms with E-state index in [4.69, 9.17) is 0 Å². The fourth-order valence-electron chi connectivity index (χ4n) is 1.38. The van der Waals surface area contributed by atoms with Crippen LogP contribution in [0.4, 0.5) is 0 Å². The van der Waals surface area contributed by atoms with E-state index >= 15 is 0 Å². The van der Waals surface area contributed by atoms with Gasteiger partial charge >= 0.3 is 0 Å². The molecule has 0 amide bonds. The molecule has 0 aromatic rings. The van der Waals surface area contributed by atoms with Gasteiger partial charge in [0, 0.05) is 12.1 Å². The maximum Gasteiger partial charge on any atom is 0.00785 e. The van der Waals surface area contributed by atoms with Crippen molar-refractivity contribution in [2.75, 3.05) is 20.6 Å². The Hall–Kier alpha value is -0.0800. The lowest BCUT2D eigenvalue weighted by molar-refractivity contribution is 0.233.